The zero-order valence-corrected chi connectivity index (χ0v) is 17.7. The van der Waals surface area contributed by atoms with Crippen molar-refractivity contribution in [3.8, 4) is 17.2 Å². The van der Waals surface area contributed by atoms with Gasteiger partial charge in [-0.25, -0.2) is 4.98 Å². The molecule has 0 aliphatic carbocycles. The first-order valence-corrected chi connectivity index (χ1v) is 11.2. The van der Waals surface area contributed by atoms with Crippen LogP contribution < -0.4 is 5.56 Å². The number of hydrogen-bond donors (Lipinski definition) is 0. The summed E-state index contributed by atoms with van der Waals surface area (Å²) in [5.74, 6) is 0.242. The van der Waals surface area contributed by atoms with Gasteiger partial charge in [0, 0.05) is 28.1 Å². The van der Waals surface area contributed by atoms with Crippen LogP contribution in [0.25, 0.3) is 21.3 Å². The number of nitrogens with zero attached hydrogens (tertiary/aromatic N) is 3. The van der Waals surface area contributed by atoms with Crippen LogP contribution in [0.15, 0.2) is 69.9 Å². The van der Waals surface area contributed by atoms with Gasteiger partial charge in [-0.3, -0.25) is 9.36 Å². The number of aryl methyl sites for hydroxylation is 1. The molecule has 4 rings (SSSR count). The van der Waals surface area contributed by atoms with Gasteiger partial charge in [-0.15, -0.1) is 11.3 Å². The Kier molecular flexibility index (Phi) is 6.00. The molecular formula is C22H16ClN3OS2. The van der Waals surface area contributed by atoms with Crippen molar-refractivity contribution in [2.24, 2.45) is 0 Å². The first kappa shape index (κ1) is 19.7. The third-order valence-corrected chi connectivity index (χ3v) is 6.60. The molecule has 0 fully saturated rings. The maximum absolute atomic E-state index is 13.5. The third-order valence-electron chi connectivity index (χ3n) is 4.56. The summed E-state index contributed by atoms with van der Waals surface area (Å²) >= 11 is 9.10. The second kappa shape index (κ2) is 8.83. The standard InChI is InChI=1S/C22H16ClN3OS2/c23-18-9-5-4-8-16(18)17-14-29-20-19(17)21(27)26(22(25-20)28-13-11-24)12-10-15-6-2-1-3-7-15/h1-9,14H,10,12-13H2. The number of hydrogen-bond acceptors (Lipinski definition) is 5. The van der Waals surface area contributed by atoms with Crippen LogP contribution in [-0.2, 0) is 13.0 Å². The van der Waals surface area contributed by atoms with Crippen molar-refractivity contribution in [3.05, 3.63) is 80.9 Å². The number of benzene rings is 2. The average Bonchev–Trinajstić information content (AvgIpc) is 3.17. The summed E-state index contributed by atoms with van der Waals surface area (Å²) < 4.78 is 1.68. The average molecular weight is 438 g/mol. The molecule has 2 aromatic heterocycles. The van der Waals surface area contributed by atoms with Crippen LogP contribution >= 0.6 is 34.7 Å². The lowest BCUT2D eigenvalue weighted by atomic mass is 10.1. The quantitative estimate of drug-likeness (QED) is 0.289. The van der Waals surface area contributed by atoms with E-state index in [9.17, 15) is 4.79 Å². The third kappa shape index (κ3) is 4.08. The molecule has 29 heavy (non-hydrogen) atoms. The predicted octanol–water partition coefficient (Wildman–Crippen LogP) is 5.64. The maximum atomic E-state index is 13.5. The van der Waals surface area contributed by atoms with E-state index in [1.54, 1.807) is 4.57 Å². The molecule has 0 N–H and O–H groups in total. The first-order valence-electron chi connectivity index (χ1n) is 8.99. The smallest absolute Gasteiger partial charge is 0.263 e. The lowest BCUT2D eigenvalue weighted by Crippen LogP contribution is -2.24. The summed E-state index contributed by atoms with van der Waals surface area (Å²) in [4.78, 5) is 18.9. The van der Waals surface area contributed by atoms with Crippen LogP contribution in [0.3, 0.4) is 0 Å². The topological polar surface area (TPSA) is 58.7 Å². The SMILES string of the molecule is N#CCSc1nc2scc(-c3ccccc3Cl)c2c(=O)n1CCc1ccccc1. The Hall–Kier alpha value is -2.59. The highest BCUT2D eigenvalue weighted by molar-refractivity contribution is 7.99. The Bertz CT molecular complexity index is 1260. The molecule has 2 aromatic carbocycles. The molecule has 4 aromatic rings. The molecule has 0 amide bonds. The second-order valence-corrected chi connectivity index (χ2v) is 8.55. The van der Waals surface area contributed by atoms with E-state index in [2.05, 4.69) is 6.07 Å². The van der Waals surface area contributed by atoms with E-state index in [-0.39, 0.29) is 11.3 Å². The van der Waals surface area contributed by atoms with E-state index in [0.29, 0.717) is 33.4 Å². The molecule has 0 radical (unpaired) electrons. The van der Waals surface area contributed by atoms with Gasteiger partial charge in [-0.05, 0) is 18.1 Å². The molecule has 4 nitrogen and oxygen atoms in total. The van der Waals surface area contributed by atoms with Crippen molar-refractivity contribution in [3.63, 3.8) is 0 Å². The van der Waals surface area contributed by atoms with Crippen molar-refractivity contribution in [1.29, 1.82) is 5.26 Å². The number of aromatic nitrogens is 2. The van der Waals surface area contributed by atoms with Gasteiger partial charge >= 0.3 is 0 Å². The van der Waals surface area contributed by atoms with Crippen LogP contribution in [0, 0.1) is 11.3 Å². The van der Waals surface area contributed by atoms with E-state index >= 15 is 0 Å². The fraction of sp³-hybridized carbons (Fsp3) is 0.136. The zero-order chi connectivity index (χ0) is 20.2. The van der Waals surface area contributed by atoms with Crippen molar-refractivity contribution >= 4 is 44.9 Å². The molecule has 0 spiro atoms. The summed E-state index contributed by atoms with van der Waals surface area (Å²) in [7, 11) is 0. The Labute approximate surface area is 181 Å². The van der Waals surface area contributed by atoms with E-state index in [0.717, 1.165) is 16.7 Å². The highest BCUT2D eigenvalue weighted by Crippen LogP contribution is 2.35. The molecule has 0 atom stereocenters. The minimum atomic E-state index is -0.0949. The molecule has 0 saturated carbocycles. The number of thiophene rings is 1. The van der Waals surface area contributed by atoms with Crippen molar-refractivity contribution in [1.82, 2.24) is 9.55 Å². The van der Waals surface area contributed by atoms with E-state index in [1.165, 1.54) is 23.1 Å². The normalized spacial score (nSPS) is 10.9. The van der Waals surface area contributed by atoms with Crippen LogP contribution in [0.2, 0.25) is 5.02 Å². The van der Waals surface area contributed by atoms with Gasteiger partial charge in [-0.2, -0.15) is 5.26 Å². The van der Waals surface area contributed by atoms with E-state index in [1.807, 2.05) is 60.0 Å². The van der Waals surface area contributed by atoms with Crippen molar-refractivity contribution in [2.75, 3.05) is 5.75 Å². The summed E-state index contributed by atoms with van der Waals surface area (Å²) in [6, 6.07) is 19.6. The Morgan fingerprint density at radius 3 is 2.62 bits per heavy atom. The Morgan fingerprint density at radius 2 is 1.86 bits per heavy atom. The van der Waals surface area contributed by atoms with Gasteiger partial charge in [0.15, 0.2) is 5.16 Å². The van der Waals surface area contributed by atoms with Crippen LogP contribution in [0.4, 0.5) is 0 Å². The monoisotopic (exact) mass is 437 g/mol. The Balaban J connectivity index is 1.84. The number of halogens is 1. The molecule has 2 heterocycles. The molecular weight excluding hydrogens is 422 g/mol. The molecule has 0 aliphatic heterocycles. The predicted molar refractivity (Wildman–Crippen MR) is 121 cm³/mol. The summed E-state index contributed by atoms with van der Waals surface area (Å²) in [6.45, 7) is 0.497. The largest absolute Gasteiger partial charge is 0.287 e. The maximum Gasteiger partial charge on any atom is 0.263 e. The molecule has 0 saturated heterocycles. The van der Waals surface area contributed by atoms with Crippen molar-refractivity contribution < 1.29 is 0 Å². The fourth-order valence-electron chi connectivity index (χ4n) is 3.17. The van der Waals surface area contributed by atoms with Gasteiger partial charge in [0.2, 0.25) is 0 Å². The number of nitriles is 1. The van der Waals surface area contributed by atoms with E-state index in [4.69, 9.17) is 21.8 Å². The first-order chi connectivity index (χ1) is 14.2. The lowest BCUT2D eigenvalue weighted by molar-refractivity contribution is 0.596. The van der Waals surface area contributed by atoms with Gasteiger partial charge in [-0.1, -0.05) is 71.9 Å². The zero-order valence-electron chi connectivity index (χ0n) is 15.3. The number of thioether (sulfide) groups is 1. The summed E-state index contributed by atoms with van der Waals surface area (Å²) in [5, 5.41) is 12.7. The molecule has 0 unspecified atom stereocenters. The minimum Gasteiger partial charge on any atom is -0.287 e. The van der Waals surface area contributed by atoms with Crippen LogP contribution in [0.1, 0.15) is 5.56 Å². The highest BCUT2D eigenvalue weighted by atomic mass is 35.5. The molecule has 7 heteroatoms. The van der Waals surface area contributed by atoms with Gasteiger partial charge < -0.3 is 0 Å². The van der Waals surface area contributed by atoms with Crippen molar-refractivity contribution in [2.45, 2.75) is 18.1 Å². The van der Waals surface area contributed by atoms with Crippen LogP contribution in [-0.4, -0.2) is 15.3 Å². The van der Waals surface area contributed by atoms with Crippen LogP contribution in [0.5, 0.6) is 0 Å². The van der Waals surface area contributed by atoms with Gasteiger partial charge in [0.05, 0.1) is 17.2 Å². The summed E-state index contributed by atoms with van der Waals surface area (Å²) in [5.41, 5.74) is 2.68. The fourth-order valence-corrected chi connectivity index (χ4v) is 5.08. The summed E-state index contributed by atoms with van der Waals surface area (Å²) in [6.07, 6.45) is 0.708. The lowest BCUT2D eigenvalue weighted by Gasteiger charge is -2.12. The number of rotatable bonds is 6. The number of fused-ring (bicyclic) bond motifs is 1. The highest BCUT2D eigenvalue weighted by Gasteiger charge is 2.18. The molecule has 0 aliphatic rings. The molecule has 144 valence electrons. The second-order valence-electron chi connectivity index (χ2n) is 6.34. The van der Waals surface area contributed by atoms with Gasteiger partial charge in [0.25, 0.3) is 5.56 Å². The van der Waals surface area contributed by atoms with Gasteiger partial charge in [0.1, 0.15) is 4.83 Å². The molecule has 0 bridgehead atoms. The van der Waals surface area contributed by atoms with E-state index < -0.39 is 0 Å². The Morgan fingerprint density at radius 1 is 1.10 bits per heavy atom. The minimum absolute atomic E-state index is 0.0949.